The van der Waals surface area contributed by atoms with Crippen LogP contribution in [0.4, 0.5) is 15.8 Å². The summed E-state index contributed by atoms with van der Waals surface area (Å²) in [5.74, 6) is -2.04. The van der Waals surface area contributed by atoms with Crippen LogP contribution in [0.15, 0.2) is 42.5 Å². The minimum Gasteiger partial charge on any atom is -0.465 e. The Balaban J connectivity index is 2.45. The molecule has 2 aromatic rings. The first-order valence-corrected chi connectivity index (χ1v) is 10.8. The summed E-state index contributed by atoms with van der Waals surface area (Å²) in [5.41, 5.74) is 0.337. The third-order valence-corrected chi connectivity index (χ3v) is 5.55. The number of sulfonamides is 1. The number of nitrogens with one attached hydrogen (secondary N) is 1. The SMILES string of the molecule is CC[C@H](C(=O)Nc1ccccc1C(=O)OC)N(c1ccc(F)c(Cl)c1)S(C)(=O)=O. The van der Waals surface area contributed by atoms with Crippen LogP contribution in [-0.2, 0) is 19.6 Å². The topological polar surface area (TPSA) is 92.8 Å². The maximum atomic E-state index is 13.5. The molecule has 0 aliphatic rings. The fraction of sp³-hybridized carbons (Fsp3) is 0.263. The molecule has 0 saturated carbocycles. The Bertz CT molecular complexity index is 1030. The van der Waals surface area contributed by atoms with Crippen molar-refractivity contribution in [3.8, 4) is 0 Å². The fourth-order valence-corrected chi connectivity index (χ4v) is 4.16. The highest BCUT2D eigenvalue weighted by Crippen LogP contribution is 2.28. The number of methoxy groups -OCH3 is 1. The number of hydrogen-bond donors (Lipinski definition) is 1. The van der Waals surface area contributed by atoms with E-state index in [1.165, 1.54) is 25.3 Å². The molecule has 7 nitrogen and oxygen atoms in total. The highest BCUT2D eigenvalue weighted by Gasteiger charge is 2.32. The molecule has 1 N–H and O–H groups in total. The Morgan fingerprint density at radius 1 is 1.24 bits per heavy atom. The summed E-state index contributed by atoms with van der Waals surface area (Å²) >= 11 is 5.79. The van der Waals surface area contributed by atoms with Crippen molar-refractivity contribution in [2.45, 2.75) is 19.4 Å². The number of amides is 1. The number of halogens is 2. The van der Waals surface area contributed by atoms with Crippen LogP contribution >= 0.6 is 11.6 Å². The summed E-state index contributed by atoms with van der Waals surface area (Å²) < 4.78 is 44.0. The van der Waals surface area contributed by atoms with E-state index < -0.39 is 33.8 Å². The number of para-hydroxylation sites is 1. The first kappa shape index (κ1) is 22.6. The molecule has 0 saturated heterocycles. The molecule has 0 aliphatic carbocycles. The average Bonchev–Trinajstić information content (AvgIpc) is 2.67. The number of rotatable bonds is 7. The molecule has 1 amide bonds. The van der Waals surface area contributed by atoms with Gasteiger partial charge in [-0.3, -0.25) is 9.10 Å². The summed E-state index contributed by atoms with van der Waals surface area (Å²) in [6.07, 6.45) is 1.04. The molecule has 0 aliphatic heterocycles. The Morgan fingerprint density at radius 3 is 2.45 bits per heavy atom. The number of carbonyl (C=O) groups excluding carboxylic acids is 2. The zero-order chi connectivity index (χ0) is 21.8. The Morgan fingerprint density at radius 2 is 1.90 bits per heavy atom. The lowest BCUT2D eigenvalue weighted by atomic mass is 10.1. The molecule has 0 fully saturated rings. The largest absolute Gasteiger partial charge is 0.465 e. The third-order valence-electron chi connectivity index (χ3n) is 4.08. The molecule has 156 valence electrons. The normalized spacial score (nSPS) is 12.2. The van der Waals surface area contributed by atoms with Crippen LogP contribution < -0.4 is 9.62 Å². The Kier molecular flexibility index (Phi) is 7.21. The van der Waals surface area contributed by atoms with Crippen LogP contribution in [-0.4, -0.2) is 39.7 Å². The smallest absolute Gasteiger partial charge is 0.339 e. The number of esters is 1. The van der Waals surface area contributed by atoms with Crippen molar-refractivity contribution >= 4 is 44.9 Å². The molecule has 0 radical (unpaired) electrons. The first-order chi connectivity index (χ1) is 13.6. The molecule has 10 heteroatoms. The lowest BCUT2D eigenvalue weighted by molar-refractivity contribution is -0.117. The Labute approximate surface area is 173 Å². The summed E-state index contributed by atoms with van der Waals surface area (Å²) in [6, 6.07) is 8.38. The number of hydrogen-bond acceptors (Lipinski definition) is 5. The van der Waals surface area contributed by atoms with Gasteiger partial charge in [0.15, 0.2) is 0 Å². The lowest BCUT2D eigenvalue weighted by Crippen LogP contribution is -2.47. The van der Waals surface area contributed by atoms with Crippen molar-refractivity contribution in [3.63, 3.8) is 0 Å². The Hall–Kier alpha value is -2.65. The number of anilines is 2. The maximum Gasteiger partial charge on any atom is 0.339 e. The molecule has 0 aromatic heterocycles. The molecule has 2 aromatic carbocycles. The second-order valence-corrected chi connectivity index (χ2v) is 8.37. The standard InChI is InChI=1S/C19H20ClFN2O5S/c1-4-17(18(24)22-16-8-6-5-7-13(16)19(25)28-2)23(29(3,26)27)12-9-10-15(21)14(20)11-12/h5-11,17H,4H2,1-3H3,(H,22,24)/t17-/m1/s1. The van der Waals surface area contributed by atoms with E-state index in [-0.39, 0.29) is 28.4 Å². The zero-order valence-electron chi connectivity index (χ0n) is 16.0. The second kappa shape index (κ2) is 9.23. The number of ether oxygens (including phenoxy) is 1. The van der Waals surface area contributed by atoms with Gasteiger partial charge in [0.1, 0.15) is 11.9 Å². The van der Waals surface area contributed by atoms with E-state index in [9.17, 15) is 22.4 Å². The van der Waals surface area contributed by atoms with Crippen molar-refractivity contribution in [2.75, 3.05) is 23.0 Å². The molecular formula is C19H20ClFN2O5S. The molecule has 0 spiro atoms. The van der Waals surface area contributed by atoms with Crippen molar-refractivity contribution in [2.24, 2.45) is 0 Å². The van der Waals surface area contributed by atoms with E-state index in [1.54, 1.807) is 19.1 Å². The van der Waals surface area contributed by atoms with Gasteiger partial charge in [0.2, 0.25) is 15.9 Å². The predicted molar refractivity (Wildman–Crippen MR) is 109 cm³/mol. The average molecular weight is 443 g/mol. The van der Waals surface area contributed by atoms with E-state index in [0.717, 1.165) is 22.7 Å². The third kappa shape index (κ3) is 5.24. The molecule has 0 bridgehead atoms. The van der Waals surface area contributed by atoms with Gasteiger partial charge in [-0.05, 0) is 36.8 Å². The van der Waals surface area contributed by atoms with E-state index in [1.807, 2.05) is 0 Å². The van der Waals surface area contributed by atoms with Gasteiger partial charge in [-0.1, -0.05) is 30.7 Å². The van der Waals surface area contributed by atoms with Crippen LogP contribution in [0, 0.1) is 5.82 Å². The monoisotopic (exact) mass is 442 g/mol. The fourth-order valence-electron chi connectivity index (χ4n) is 2.78. The molecule has 2 rings (SSSR count). The molecule has 0 heterocycles. The van der Waals surface area contributed by atoms with Gasteiger partial charge < -0.3 is 10.1 Å². The van der Waals surface area contributed by atoms with Crippen LogP contribution in [0.2, 0.25) is 5.02 Å². The minimum absolute atomic E-state index is 0.0437. The van der Waals surface area contributed by atoms with Crippen molar-refractivity contribution < 1.29 is 27.1 Å². The van der Waals surface area contributed by atoms with Gasteiger partial charge in [-0.2, -0.15) is 0 Å². The van der Waals surface area contributed by atoms with Gasteiger partial charge in [0, 0.05) is 0 Å². The summed E-state index contributed by atoms with van der Waals surface area (Å²) in [7, 11) is -2.72. The van der Waals surface area contributed by atoms with Gasteiger partial charge in [-0.25, -0.2) is 17.6 Å². The predicted octanol–water partition coefficient (Wildman–Crippen LogP) is 3.45. The van der Waals surface area contributed by atoms with Gasteiger partial charge >= 0.3 is 5.97 Å². The van der Waals surface area contributed by atoms with Gasteiger partial charge in [0.25, 0.3) is 0 Å². The second-order valence-electron chi connectivity index (χ2n) is 6.11. The highest BCUT2D eigenvalue weighted by atomic mass is 35.5. The van der Waals surface area contributed by atoms with Crippen molar-refractivity contribution in [1.82, 2.24) is 0 Å². The van der Waals surface area contributed by atoms with Gasteiger partial charge in [-0.15, -0.1) is 0 Å². The molecular weight excluding hydrogens is 423 g/mol. The lowest BCUT2D eigenvalue weighted by Gasteiger charge is -2.30. The van der Waals surface area contributed by atoms with E-state index in [2.05, 4.69) is 5.32 Å². The van der Waals surface area contributed by atoms with E-state index in [4.69, 9.17) is 16.3 Å². The van der Waals surface area contributed by atoms with Crippen LogP contribution in [0.5, 0.6) is 0 Å². The summed E-state index contributed by atoms with van der Waals surface area (Å²) in [6.45, 7) is 1.62. The highest BCUT2D eigenvalue weighted by molar-refractivity contribution is 7.92. The molecule has 1 atom stereocenters. The summed E-state index contributed by atoms with van der Waals surface area (Å²) in [5, 5.41) is 2.30. The van der Waals surface area contributed by atoms with Crippen LogP contribution in [0.25, 0.3) is 0 Å². The molecule has 0 unspecified atom stereocenters. The zero-order valence-corrected chi connectivity index (χ0v) is 17.6. The van der Waals surface area contributed by atoms with Crippen LogP contribution in [0.3, 0.4) is 0 Å². The number of carbonyl (C=O) groups is 2. The number of nitrogens with zero attached hydrogens (tertiary/aromatic N) is 1. The quantitative estimate of drug-likeness (QED) is 0.663. The minimum atomic E-state index is -3.93. The van der Waals surface area contributed by atoms with E-state index >= 15 is 0 Å². The van der Waals surface area contributed by atoms with Crippen molar-refractivity contribution in [1.29, 1.82) is 0 Å². The van der Waals surface area contributed by atoms with Gasteiger partial charge in [0.05, 0.1) is 35.3 Å². The maximum absolute atomic E-state index is 13.5. The van der Waals surface area contributed by atoms with E-state index in [0.29, 0.717) is 0 Å². The summed E-state index contributed by atoms with van der Waals surface area (Å²) in [4.78, 5) is 24.9. The first-order valence-electron chi connectivity index (χ1n) is 8.52. The molecule has 29 heavy (non-hydrogen) atoms. The van der Waals surface area contributed by atoms with Crippen LogP contribution in [0.1, 0.15) is 23.7 Å². The number of benzene rings is 2. The van der Waals surface area contributed by atoms with Crippen molar-refractivity contribution in [3.05, 3.63) is 58.9 Å².